The molecule has 2 rings (SSSR count). The van der Waals surface area contributed by atoms with E-state index in [1.165, 1.54) is 12.8 Å². The van der Waals surface area contributed by atoms with E-state index in [2.05, 4.69) is 10.6 Å². The Bertz CT molecular complexity index is 413. The van der Waals surface area contributed by atoms with Gasteiger partial charge < -0.3 is 15.4 Å². The molecular formula is C15H22N2O2. The van der Waals surface area contributed by atoms with Gasteiger partial charge in [0.05, 0.1) is 19.7 Å². The fourth-order valence-corrected chi connectivity index (χ4v) is 1.98. The molecule has 1 aliphatic rings. The molecule has 4 nitrogen and oxygen atoms in total. The molecule has 2 N–H and O–H groups in total. The van der Waals surface area contributed by atoms with Crippen LogP contribution >= 0.6 is 0 Å². The molecule has 1 aromatic rings. The van der Waals surface area contributed by atoms with Crippen LogP contribution in [0.1, 0.15) is 31.4 Å². The van der Waals surface area contributed by atoms with Crippen molar-refractivity contribution in [3.63, 3.8) is 0 Å². The molecule has 0 saturated heterocycles. The van der Waals surface area contributed by atoms with Gasteiger partial charge in [-0.05, 0) is 49.9 Å². The second-order valence-corrected chi connectivity index (χ2v) is 5.14. The number of carbonyl (C=O) groups excluding carboxylic acids is 1. The largest absolute Gasteiger partial charge is 0.497 e. The van der Waals surface area contributed by atoms with Crippen molar-refractivity contribution in [3.05, 3.63) is 29.8 Å². The highest BCUT2D eigenvalue weighted by Crippen LogP contribution is 2.27. The van der Waals surface area contributed by atoms with Gasteiger partial charge in [-0.3, -0.25) is 4.79 Å². The number of rotatable bonds is 7. The minimum atomic E-state index is 0.0149. The van der Waals surface area contributed by atoms with Crippen LogP contribution in [0.4, 0.5) is 0 Å². The van der Waals surface area contributed by atoms with Gasteiger partial charge in [0.2, 0.25) is 5.91 Å². The summed E-state index contributed by atoms with van der Waals surface area (Å²) in [4.78, 5) is 11.8. The summed E-state index contributed by atoms with van der Waals surface area (Å²) < 4.78 is 5.11. The van der Waals surface area contributed by atoms with Crippen molar-refractivity contribution in [1.82, 2.24) is 10.6 Å². The van der Waals surface area contributed by atoms with Crippen LogP contribution in [0.25, 0.3) is 0 Å². The van der Waals surface area contributed by atoms with Crippen molar-refractivity contribution < 1.29 is 9.53 Å². The van der Waals surface area contributed by atoms with Crippen LogP contribution in [0, 0.1) is 5.92 Å². The molecule has 4 heteroatoms. The summed E-state index contributed by atoms with van der Waals surface area (Å²) in [5.41, 5.74) is 1.08. The lowest BCUT2D eigenvalue weighted by Gasteiger charge is -2.15. The van der Waals surface area contributed by atoms with Crippen LogP contribution in [0.2, 0.25) is 0 Å². The predicted octanol–water partition coefficient (Wildman–Crippen LogP) is 1.87. The fourth-order valence-electron chi connectivity index (χ4n) is 1.98. The Labute approximate surface area is 114 Å². The van der Waals surface area contributed by atoms with Gasteiger partial charge >= 0.3 is 0 Å². The number of benzene rings is 1. The molecular weight excluding hydrogens is 240 g/mol. The first-order valence-corrected chi connectivity index (χ1v) is 6.83. The minimum Gasteiger partial charge on any atom is -0.497 e. The van der Waals surface area contributed by atoms with E-state index in [1.54, 1.807) is 7.11 Å². The number of nitrogens with one attached hydrogen (secondary N) is 2. The average Bonchev–Trinajstić information content (AvgIpc) is 3.23. The van der Waals surface area contributed by atoms with Crippen molar-refractivity contribution in [1.29, 1.82) is 0 Å². The van der Waals surface area contributed by atoms with Crippen LogP contribution in [0.5, 0.6) is 5.75 Å². The fraction of sp³-hybridized carbons (Fsp3) is 0.533. The standard InChI is InChI=1S/C15H22N2O2/c1-11(13-5-7-14(19-2)8-6-13)17-15(18)10-16-9-12-3-4-12/h5-8,11-12,16H,3-4,9-10H2,1-2H3,(H,17,18)/t11-/m0/s1. The highest BCUT2D eigenvalue weighted by molar-refractivity contribution is 5.78. The quantitative estimate of drug-likeness (QED) is 0.788. The van der Waals surface area contributed by atoms with Crippen LogP contribution in [0.3, 0.4) is 0 Å². The monoisotopic (exact) mass is 262 g/mol. The average molecular weight is 262 g/mol. The van der Waals surface area contributed by atoms with Crippen LogP contribution < -0.4 is 15.4 Å². The maximum Gasteiger partial charge on any atom is 0.234 e. The Morgan fingerprint density at radius 1 is 1.37 bits per heavy atom. The predicted molar refractivity (Wildman–Crippen MR) is 75.1 cm³/mol. The first kappa shape index (κ1) is 13.9. The Balaban J connectivity index is 1.74. The van der Waals surface area contributed by atoms with E-state index in [0.29, 0.717) is 6.54 Å². The van der Waals surface area contributed by atoms with Gasteiger partial charge in [0, 0.05) is 0 Å². The smallest absolute Gasteiger partial charge is 0.234 e. The minimum absolute atomic E-state index is 0.0149. The Morgan fingerprint density at radius 3 is 2.63 bits per heavy atom. The Morgan fingerprint density at radius 2 is 2.05 bits per heavy atom. The second kappa shape index (κ2) is 6.57. The summed E-state index contributed by atoms with van der Waals surface area (Å²) in [6.07, 6.45) is 2.60. The highest BCUT2D eigenvalue weighted by Gasteiger charge is 2.20. The molecule has 104 valence electrons. The SMILES string of the molecule is COc1ccc([C@H](C)NC(=O)CNCC2CC2)cc1. The van der Waals surface area contributed by atoms with Crippen LogP contribution in [-0.4, -0.2) is 26.1 Å². The lowest BCUT2D eigenvalue weighted by molar-refractivity contribution is -0.120. The van der Waals surface area contributed by atoms with E-state index in [1.807, 2.05) is 31.2 Å². The summed E-state index contributed by atoms with van der Waals surface area (Å²) in [7, 11) is 1.64. The molecule has 0 aromatic heterocycles. The third-order valence-electron chi connectivity index (χ3n) is 3.41. The molecule has 0 heterocycles. The topological polar surface area (TPSA) is 50.4 Å². The number of amides is 1. The summed E-state index contributed by atoms with van der Waals surface area (Å²) in [5.74, 6) is 1.67. The lowest BCUT2D eigenvalue weighted by Crippen LogP contribution is -2.36. The molecule has 1 atom stereocenters. The van der Waals surface area contributed by atoms with Gasteiger partial charge in [-0.15, -0.1) is 0 Å². The third-order valence-corrected chi connectivity index (χ3v) is 3.41. The van der Waals surface area contributed by atoms with Crippen molar-refractivity contribution in [2.75, 3.05) is 20.2 Å². The molecule has 0 unspecified atom stereocenters. The first-order valence-electron chi connectivity index (χ1n) is 6.83. The summed E-state index contributed by atoms with van der Waals surface area (Å²) in [6.45, 7) is 3.35. The molecule has 19 heavy (non-hydrogen) atoms. The molecule has 0 aliphatic heterocycles. The van der Waals surface area contributed by atoms with Gasteiger partial charge in [0.15, 0.2) is 0 Å². The van der Waals surface area contributed by atoms with Crippen molar-refractivity contribution >= 4 is 5.91 Å². The molecule has 0 bridgehead atoms. The van der Waals surface area contributed by atoms with Crippen molar-refractivity contribution in [3.8, 4) is 5.75 Å². The normalized spacial score (nSPS) is 15.9. The maximum atomic E-state index is 11.8. The third kappa shape index (κ3) is 4.56. The van der Waals surface area contributed by atoms with Crippen LogP contribution in [0.15, 0.2) is 24.3 Å². The second-order valence-electron chi connectivity index (χ2n) is 5.14. The van der Waals surface area contributed by atoms with E-state index in [0.717, 1.165) is 23.8 Å². The van der Waals surface area contributed by atoms with Crippen molar-refractivity contribution in [2.24, 2.45) is 5.92 Å². The number of hydrogen-bond acceptors (Lipinski definition) is 3. The number of methoxy groups -OCH3 is 1. The molecule has 1 saturated carbocycles. The molecule has 0 radical (unpaired) electrons. The van der Waals surface area contributed by atoms with Crippen molar-refractivity contribution in [2.45, 2.75) is 25.8 Å². The van der Waals surface area contributed by atoms with E-state index >= 15 is 0 Å². The Hall–Kier alpha value is -1.55. The summed E-state index contributed by atoms with van der Waals surface area (Å²) in [5, 5.41) is 6.18. The van der Waals surface area contributed by atoms with E-state index < -0.39 is 0 Å². The molecule has 1 amide bonds. The van der Waals surface area contributed by atoms with E-state index in [4.69, 9.17) is 4.74 Å². The van der Waals surface area contributed by atoms with Crippen LogP contribution in [-0.2, 0) is 4.79 Å². The molecule has 1 aromatic carbocycles. The number of hydrogen-bond donors (Lipinski definition) is 2. The van der Waals surface area contributed by atoms with Gasteiger partial charge in [0.25, 0.3) is 0 Å². The van der Waals surface area contributed by atoms with Gasteiger partial charge in [0.1, 0.15) is 5.75 Å². The zero-order valence-corrected chi connectivity index (χ0v) is 11.6. The number of carbonyl (C=O) groups is 1. The zero-order valence-electron chi connectivity index (χ0n) is 11.6. The van der Waals surface area contributed by atoms with Gasteiger partial charge in [-0.25, -0.2) is 0 Å². The zero-order chi connectivity index (χ0) is 13.7. The number of ether oxygens (including phenoxy) is 1. The van der Waals surface area contributed by atoms with Gasteiger partial charge in [-0.1, -0.05) is 12.1 Å². The van der Waals surface area contributed by atoms with Gasteiger partial charge in [-0.2, -0.15) is 0 Å². The molecule has 1 fully saturated rings. The maximum absolute atomic E-state index is 11.8. The molecule has 1 aliphatic carbocycles. The lowest BCUT2D eigenvalue weighted by atomic mass is 10.1. The Kier molecular flexibility index (Phi) is 4.80. The first-order chi connectivity index (χ1) is 9.19. The summed E-state index contributed by atoms with van der Waals surface area (Å²) >= 11 is 0. The van der Waals surface area contributed by atoms with E-state index in [-0.39, 0.29) is 11.9 Å². The summed E-state index contributed by atoms with van der Waals surface area (Å²) in [6, 6.07) is 7.77. The van der Waals surface area contributed by atoms with E-state index in [9.17, 15) is 4.79 Å². The highest BCUT2D eigenvalue weighted by atomic mass is 16.5. The molecule has 0 spiro atoms.